The number of ether oxygens (including phenoxy) is 2. The fourth-order valence-corrected chi connectivity index (χ4v) is 1.58. The first-order valence-electron chi connectivity index (χ1n) is 5.96. The number of fused-ring (bicyclic) bond motifs is 1. The van der Waals surface area contributed by atoms with Gasteiger partial charge in [0, 0.05) is 17.8 Å². The van der Waals surface area contributed by atoms with E-state index in [0.717, 1.165) is 5.69 Å². The van der Waals surface area contributed by atoms with Crippen LogP contribution in [0.2, 0.25) is 0 Å². The molecule has 0 bridgehead atoms. The van der Waals surface area contributed by atoms with Gasteiger partial charge in [-0.05, 0) is 33.0 Å². The monoisotopic (exact) mass is 250 g/mol. The highest BCUT2D eigenvalue weighted by Crippen LogP contribution is 2.34. The Balaban J connectivity index is 1.95. The standard InChI is InChI=1S/C13H18N2O3/c1-9(2)15(3)7-13(16)14-10-4-5-11-12(6-10)18-8-17-11/h4-6,9H,7-8H2,1-3H3,(H,14,16). The molecule has 0 unspecified atom stereocenters. The molecule has 2 rings (SSSR count). The molecule has 0 saturated heterocycles. The molecule has 5 heteroatoms. The van der Waals surface area contributed by atoms with E-state index in [2.05, 4.69) is 5.32 Å². The van der Waals surface area contributed by atoms with Gasteiger partial charge in [0.2, 0.25) is 12.7 Å². The predicted molar refractivity (Wildman–Crippen MR) is 69.0 cm³/mol. The average molecular weight is 250 g/mol. The molecule has 1 heterocycles. The molecule has 0 atom stereocenters. The number of likely N-dealkylation sites (N-methyl/N-ethyl adjacent to an activating group) is 1. The average Bonchev–Trinajstić information content (AvgIpc) is 2.75. The van der Waals surface area contributed by atoms with Crippen molar-refractivity contribution >= 4 is 11.6 Å². The molecule has 0 aromatic heterocycles. The maximum Gasteiger partial charge on any atom is 0.238 e. The van der Waals surface area contributed by atoms with Gasteiger partial charge < -0.3 is 14.8 Å². The second-order valence-electron chi connectivity index (χ2n) is 4.63. The van der Waals surface area contributed by atoms with E-state index in [1.54, 1.807) is 18.2 Å². The van der Waals surface area contributed by atoms with Gasteiger partial charge in [0.25, 0.3) is 0 Å². The summed E-state index contributed by atoms with van der Waals surface area (Å²) in [6.07, 6.45) is 0. The summed E-state index contributed by atoms with van der Waals surface area (Å²) in [6.45, 7) is 4.70. The number of rotatable bonds is 4. The molecule has 1 aliphatic heterocycles. The highest BCUT2D eigenvalue weighted by atomic mass is 16.7. The molecule has 18 heavy (non-hydrogen) atoms. The lowest BCUT2D eigenvalue weighted by Gasteiger charge is -2.20. The summed E-state index contributed by atoms with van der Waals surface area (Å²) in [5.41, 5.74) is 0.724. The third-order valence-corrected chi connectivity index (χ3v) is 2.93. The van der Waals surface area contributed by atoms with Gasteiger partial charge in [0.1, 0.15) is 0 Å². The zero-order chi connectivity index (χ0) is 13.1. The summed E-state index contributed by atoms with van der Waals surface area (Å²) in [7, 11) is 1.92. The Morgan fingerprint density at radius 1 is 1.39 bits per heavy atom. The van der Waals surface area contributed by atoms with E-state index >= 15 is 0 Å². The molecule has 0 saturated carbocycles. The number of carbonyl (C=O) groups is 1. The first-order chi connectivity index (χ1) is 8.56. The van der Waals surface area contributed by atoms with Crippen LogP contribution in [0.25, 0.3) is 0 Å². The zero-order valence-electron chi connectivity index (χ0n) is 10.9. The van der Waals surface area contributed by atoms with Gasteiger partial charge in [0.15, 0.2) is 11.5 Å². The Morgan fingerprint density at radius 2 is 2.11 bits per heavy atom. The largest absolute Gasteiger partial charge is 0.454 e. The van der Waals surface area contributed by atoms with Crippen molar-refractivity contribution in [2.45, 2.75) is 19.9 Å². The minimum atomic E-state index is -0.0370. The number of carbonyl (C=O) groups excluding carboxylic acids is 1. The number of hydrogen-bond donors (Lipinski definition) is 1. The molecule has 1 aliphatic rings. The Bertz CT molecular complexity index is 446. The molecule has 0 radical (unpaired) electrons. The summed E-state index contributed by atoms with van der Waals surface area (Å²) in [5, 5.41) is 2.84. The molecule has 1 amide bonds. The van der Waals surface area contributed by atoms with Crippen molar-refractivity contribution in [3.8, 4) is 11.5 Å². The fraction of sp³-hybridized carbons (Fsp3) is 0.462. The third kappa shape index (κ3) is 2.92. The highest BCUT2D eigenvalue weighted by molar-refractivity contribution is 5.92. The van der Waals surface area contributed by atoms with Crippen LogP contribution < -0.4 is 14.8 Å². The van der Waals surface area contributed by atoms with Crippen LogP contribution in [0.15, 0.2) is 18.2 Å². The van der Waals surface area contributed by atoms with Crippen molar-refractivity contribution in [3.63, 3.8) is 0 Å². The van der Waals surface area contributed by atoms with Gasteiger partial charge in [-0.2, -0.15) is 0 Å². The highest BCUT2D eigenvalue weighted by Gasteiger charge is 2.15. The van der Waals surface area contributed by atoms with E-state index in [1.807, 2.05) is 25.8 Å². The molecule has 0 spiro atoms. The molecule has 1 aromatic carbocycles. The molecule has 1 aromatic rings. The number of nitrogens with zero attached hydrogens (tertiary/aromatic N) is 1. The minimum Gasteiger partial charge on any atom is -0.454 e. The summed E-state index contributed by atoms with van der Waals surface area (Å²) >= 11 is 0. The van der Waals surface area contributed by atoms with Gasteiger partial charge in [-0.1, -0.05) is 0 Å². The van der Waals surface area contributed by atoms with Gasteiger partial charge in [-0.3, -0.25) is 9.69 Å². The Kier molecular flexibility index (Phi) is 3.72. The van der Waals surface area contributed by atoms with Gasteiger partial charge in [0.05, 0.1) is 6.54 Å². The number of nitrogens with one attached hydrogen (secondary N) is 1. The fourth-order valence-electron chi connectivity index (χ4n) is 1.58. The number of hydrogen-bond acceptors (Lipinski definition) is 4. The Hall–Kier alpha value is -1.75. The number of benzene rings is 1. The van der Waals surface area contributed by atoms with Gasteiger partial charge in [-0.15, -0.1) is 0 Å². The zero-order valence-corrected chi connectivity index (χ0v) is 10.9. The number of anilines is 1. The lowest BCUT2D eigenvalue weighted by molar-refractivity contribution is -0.117. The smallest absolute Gasteiger partial charge is 0.238 e. The van der Waals surface area contributed by atoms with Crippen LogP contribution in [0.5, 0.6) is 11.5 Å². The molecular weight excluding hydrogens is 232 g/mol. The maximum atomic E-state index is 11.8. The van der Waals surface area contributed by atoms with Crippen molar-refractivity contribution in [2.24, 2.45) is 0 Å². The van der Waals surface area contributed by atoms with Crippen LogP contribution in [-0.4, -0.2) is 37.2 Å². The van der Waals surface area contributed by atoms with E-state index in [1.165, 1.54) is 0 Å². The van der Waals surface area contributed by atoms with E-state index < -0.39 is 0 Å². The third-order valence-electron chi connectivity index (χ3n) is 2.93. The normalized spacial score (nSPS) is 13.2. The molecule has 0 aliphatic carbocycles. The Labute approximate surface area is 107 Å². The quantitative estimate of drug-likeness (QED) is 0.883. The topological polar surface area (TPSA) is 50.8 Å². The van der Waals surface area contributed by atoms with E-state index in [9.17, 15) is 4.79 Å². The van der Waals surface area contributed by atoms with Crippen LogP contribution in [0.3, 0.4) is 0 Å². The van der Waals surface area contributed by atoms with E-state index in [-0.39, 0.29) is 12.7 Å². The molecule has 98 valence electrons. The van der Waals surface area contributed by atoms with Crippen molar-refractivity contribution < 1.29 is 14.3 Å². The maximum absolute atomic E-state index is 11.8. The predicted octanol–water partition coefficient (Wildman–Crippen LogP) is 1.69. The second kappa shape index (κ2) is 5.27. The van der Waals surface area contributed by atoms with Crippen LogP contribution in [0, 0.1) is 0 Å². The van der Waals surface area contributed by atoms with Gasteiger partial charge in [-0.25, -0.2) is 0 Å². The molecule has 1 N–H and O–H groups in total. The summed E-state index contributed by atoms with van der Waals surface area (Å²) < 4.78 is 10.5. The number of amides is 1. The minimum absolute atomic E-state index is 0.0370. The van der Waals surface area contributed by atoms with Crippen molar-refractivity contribution in [1.82, 2.24) is 4.90 Å². The molecular formula is C13H18N2O3. The molecule has 5 nitrogen and oxygen atoms in total. The van der Waals surface area contributed by atoms with Crippen LogP contribution >= 0.6 is 0 Å². The van der Waals surface area contributed by atoms with Crippen molar-refractivity contribution in [3.05, 3.63) is 18.2 Å². The van der Waals surface area contributed by atoms with Gasteiger partial charge >= 0.3 is 0 Å². The van der Waals surface area contributed by atoms with Crippen LogP contribution in [-0.2, 0) is 4.79 Å². The summed E-state index contributed by atoms with van der Waals surface area (Å²) in [4.78, 5) is 13.8. The Morgan fingerprint density at radius 3 is 2.83 bits per heavy atom. The summed E-state index contributed by atoms with van der Waals surface area (Å²) in [6, 6.07) is 5.72. The first kappa shape index (κ1) is 12.7. The summed E-state index contributed by atoms with van der Waals surface area (Å²) in [5.74, 6) is 1.35. The SMILES string of the molecule is CC(C)N(C)CC(=O)Nc1ccc2c(c1)OCO2. The van der Waals surface area contributed by atoms with E-state index in [4.69, 9.17) is 9.47 Å². The van der Waals surface area contributed by atoms with Crippen LogP contribution in [0.4, 0.5) is 5.69 Å². The van der Waals surface area contributed by atoms with Crippen molar-refractivity contribution in [2.75, 3.05) is 25.7 Å². The van der Waals surface area contributed by atoms with Crippen LogP contribution in [0.1, 0.15) is 13.8 Å². The lowest BCUT2D eigenvalue weighted by atomic mass is 10.2. The lowest BCUT2D eigenvalue weighted by Crippen LogP contribution is -2.34. The second-order valence-corrected chi connectivity index (χ2v) is 4.63. The van der Waals surface area contributed by atoms with E-state index in [0.29, 0.717) is 24.1 Å². The first-order valence-corrected chi connectivity index (χ1v) is 5.96. The molecule has 0 fully saturated rings. The van der Waals surface area contributed by atoms with Crippen molar-refractivity contribution in [1.29, 1.82) is 0 Å².